The number of phenols is 1. The van der Waals surface area contributed by atoms with Crippen molar-refractivity contribution in [1.29, 1.82) is 0 Å². The topological polar surface area (TPSA) is 314 Å². The van der Waals surface area contributed by atoms with Crippen LogP contribution >= 0.6 is 31.3 Å². The van der Waals surface area contributed by atoms with Crippen LogP contribution in [0.5, 0.6) is 5.75 Å². The van der Waals surface area contributed by atoms with Gasteiger partial charge in [0.1, 0.15) is 17.1 Å². The van der Waals surface area contributed by atoms with E-state index in [0.717, 1.165) is 0 Å². The summed E-state index contributed by atoms with van der Waals surface area (Å²) in [7, 11) is -19.2. The standard InChI is InChI=1S/C37H51NO20P4/c1-3-17-51-60(44,45)54-20-21-55-61(46,47)52-18-8-19-53-62(48,49)57-26-27(25-56-59(42,43)50-4-2)9-5-6-16-38-37(41)29-11-7-10-28(22-29)36-32-14-12-30(39)23-34(32)58-35-24-31(40)13-15-33(35)36/h7,10-15,22-24,27,39H,3-6,8-9,16-21,25-26H2,1-2H3,(H,38,41)(H,42,43)(H,44,45)(H,46,47)(H,48,49)/p-4. The van der Waals surface area contributed by atoms with E-state index in [1.807, 2.05) is 0 Å². The van der Waals surface area contributed by atoms with Crippen LogP contribution in [0.2, 0.25) is 0 Å². The first-order valence-electron chi connectivity index (χ1n) is 19.3. The molecule has 0 saturated heterocycles. The van der Waals surface area contributed by atoms with Crippen molar-refractivity contribution in [3.8, 4) is 28.2 Å². The Morgan fingerprint density at radius 2 is 1.32 bits per heavy atom. The zero-order valence-corrected chi connectivity index (χ0v) is 37.3. The van der Waals surface area contributed by atoms with Gasteiger partial charge in [-0.05, 0) is 74.6 Å². The highest BCUT2D eigenvalue weighted by molar-refractivity contribution is 7.46. The number of fused-ring (bicyclic) bond motifs is 2. The molecule has 0 bridgehead atoms. The lowest BCUT2D eigenvalue weighted by molar-refractivity contribution is -0.233. The van der Waals surface area contributed by atoms with Crippen LogP contribution < -0.4 is 30.3 Å². The zero-order valence-electron chi connectivity index (χ0n) is 33.7. The predicted octanol–water partition coefficient (Wildman–Crippen LogP) is 4.61. The van der Waals surface area contributed by atoms with Gasteiger partial charge in [0.25, 0.3) is 37.2 Å². The number of phosphoric ester groups is 4. The molecule has 0 saturated carbocycles. The minimum atomic E-state index is -4.99. The summed E-state index contributed by atoms with van der Waals surface area (Å²) in [6.45, 7) is -0.561. The molecule has 1 aliphatic carbocycles. The van der Waals surface area contributed by atoms with Gasteiger partial charge in [0.2, 0.25) is 0 Å². The fourth-order valence-electron chi connectivity index (χ4n) is 5.68. The van der Waals surface area contributed by atoms with Gasteiger partial charge in [-0.1, -0.05) is 25.5 Å². The van der Waals surface area contributed by atoms with Gasteiger partial charge >= 0.3 is 0 Å². The number of aromatic hydroxyl groups is 1. The summed E-state index contributed by atoms with van der Waals surface area (Å²) >= 11 is 0. The number of nitrogens with one attached hydrogen (secondary N) is 1. The molecule has 0 aromatic heterocycles. The molecule has 21 nitrogen and oxygen atoms in total. The van der Waals surface area contributed by atoms with E-state index >= 15 is 0 Å². The smallest absolute Gasteiger partial charge is 0.267 e. The third-order valence-corrected chi connectivity index (χ3v) is 12.5. The molecule has 0 spiro atoms. The Morgan fingerprint density at radius 3 is 1.97 bits per heavy atom. The van der Waals surface area contributed by atoms with E-state index in [4.69, 9.17) is 18.0 Å². The number of phenolic OH excluding ortho intramolecular Hbond substituents is 1. The predicted molar refractivity (Wildman–Crippen MR) is 215 cm³/mol. The number of benzene rings is 3. The van der Waals surface area contributed by atoms with Crippen LogP contribution in [0.4, 0.5) is 0 Å². The highest BCUT2D eigenvalue weighted by Crippen LogP contribution is 2.44. The Hall–Kier alpha value is -3.16. The van der Waals surface area contributed by atoms with Crippen LogP contribution in [0.15, 0.2) is 69.9 Å². The maximum absolute atomic E-state index is 13.2. The molecule has 1 heterocycles. The highest BCUT2D eigenvalue weighted by atomic mass is 31.2. The van der Waals surface area contributed by atoms with Gasteiger partial charge in [-0.2, -0.15) is 0 Å². The minimum Gasteiger partial charge on any atom is -0.756 e. The van der Waals surface area contributed by atoms with Crippen molar-refractivity contribution in [1.82, 2.24) is 5.32 Å². The number of carbonyl (C=O) groups excluding carboxylic acids is 1. The number of amides is 1. The van der Waals surface area contributed by atoms with Crippen LogP contribution in [-0.2, 0) is 54.5 Å². The third-order valence-electron chi connectivity index (χ3n) is 8.46. The van der Waals surface area contributed by atoms with E-state index in [0.29, 0.717) is 58.2 Å². The van der Waals surface area contributed by atoms with Gasteiger partial charge in [-0.25, -0.2) is 0 Å². The molecule has 5 atom stereocenters. The molecule has 4 rings (SSSR count). The van der Waals surface area contributed by atoms with Gasteiger partial charge < -0.3 is 70.6 Å². The summed E-state index contributed by atoms with van der Waals surface area (Å²) in [5, 5.41) is 13.5. The summed E-state index contributed by atoms with van der Waals surface area (Å²) in [6.07, 6.45) is 1.08. The monoisotopic (exact) mass is 949 g/mol. The number of hydrogen-bond acceptors (Lipinski definition) is 20. The number of phosphoric acid groups is 4. The quantitative estimate of drug-likeness (QED) is 0.0426. The average Bonchev–Trinajstić information content (AvgIpc) is 3.21. The largest absolute Gasteiger partial charge is 0.756 e. The van der Waals surface area contributed by atoms with Crippen LogP contribution in [0.1, 0.15) is 56.3 Å². The Morgan fingerprint density at radius 1 is 0.710 bits per heavy atom. The van der Waals surface area contributed by atoms with E-state index in [2.05, 4.69) is 27.9 Å². The molecule has 344 valence electrons. The summed E-state index contributed by atoms with van der Waals surface area (Å²) in [4.78, 5) is 73.2. The number of carbonyl (C=O) groups is 1. The Balaban J connectivity index is 1.25. The van der Waals surface area contributed by atoms with Gasteiger partial charge in [-0.15, -0.1) is 0 Å². The minimum absolute atomic E-state index is 0.0295. The molecular weight excluding hydrogens is 902 g/mol. The molecular formula is C37H47NO20P4-4. The molecule has 1 aliphatic heterocycles. The Kier molecular flexibility index (Phi) is 20.1. The van der Waals surface area contributed by atoms with Crippen molar-refractivity contribution in [3.05, 3.63) is 76.5 Å². The normalized spacial score (nSPS) is 16.3. The van der Waals surface area contributed by atoms with Gasteiger partial charge in [0, 0.05) is 46.7 Å². The summed E-state index contributed by atoms with van der Waals surface area (Å²) in [5.74, 6) is -0.929. The van der Waals surface area contributed by atoms with E-state index < -0.39 is 82.8 Å². The second-order valence-electron chi connectivity index (χ2n) is 13.3. The second-order valence-corrected chi connectivity index (χ2v) is 19.0. The molecule has 0 radical (unpaired) electrons. The first-order valence-corrected chi connectivity index (χ1v) is 25.2. The molecule has 0 fully saturated rings. The molecule has 25 heteroatoms. The van der Waals surface area contributed by atoms with Crippen molar-refractivity contribution in [2.24, 2.45) is 5.92 Å². The zero-order chi connectivity index (χ0) is 45.4. The first-order chi connectivity index (χ1) is 29.3. The lowest BCUT2D eigenvalue weighted by Crippen LogP contribution is -2.25. The van der Waals surface area contributed by atoms with E-state index in [1.165, 1.54) is 31.2 Å². The highest BCUT2D eigenvalue weighted by Gasteiger charge is 2.21. The molecule has 5 unspecified atom stereocenters. The Labute approximate surface area is 357 Å². The molecule has 2 aliphatic rings. The fraction of sp³-hybridized carbons (Fsp3) is 0.459. The van der Waals surface area contributed by atoms with E-state index in [9.17, 15) is 52.5 Å². The van der Waals surface area contributed by atoms with Crippen LogP contribution in [0.25, 0.3) is 33.4 Å². The molecule has 2 aromatic carbocycles. The fourth-order valence-corrected chi connectivity index (χ4v) is 8.79. The van der Waals surface area contributed by atoms with Crippen LogP contribution in [-0.4, -0.2) is 70.4 Å². The third kappa shape index (κ3) is 17.4. The van der Waals surface area contributed by atoms with E-state index in [-0.39, 0.29) is 43.8 Å². The van der Waals surface area contributed by atoms with Crippen molar-refractivity contribution in [2.45, 2.75) is 46.0 Å². The maximum atomic E-state index is 13.2. The van der Waals surface area contributed by atoms with Crippen LogP contribution in [0.3, 0.4) is 0 Å². The number of rotatable bonds is 29. The number of hydrogen-bond donors (Lipinski definition) is 2. The number of unbranched alkanes of at least 4 members (excludes halogenated alkanes) is 1. The lowest BCUT2D eigenvalue weighted by Gasteiger charge is -2.28. The van der Waals surface area contributed by atoms with Gasteiger partial charge in [-0.3, -0.25) is 27.8 Å². The molecule has 1 amide bonds. The summed E-state index contributed by atoms with van der Waals surface area (Å²) in [6, 6.07) is 15.8. The van der Waals surface area contributed by atoms with E-state index in [1.54, 1.807) is 43.3 Å². The lowest BCUT2D eigenvalue weighted by atomic mass is 9.92. The summed E-state index contributed by atoms with van der Waals surface area (Å²) in [5.41, 5.74) is 2.36. The molecule has 62 heavy (non-hydrogen) atoms. The van der Waals surface area contributed by atoms with Crippen molar-refractivity contribution in [3.63, 3.8) is 0 Å². The van der Waals surface area contributed by atoms with Crippen LogP contribution in [0, 0.1) is 5.92 Å². The SMILES string of the molecule is CCCOP(=O)([O-])OCCOP(=O)([O-])OCCCOP(=O)([O-])OCC(CCCCNC(=O)c1cccc(-c2c3ccc(=O)cc-3oc3cc(O)ccc23)c1)COP(=O)([O-])OCC. The Bertz CT molecular complexity index is 2310. The first kappa shape index (κ1) is 51.5. The molecule has 2 aromatic rings. The average molecular weight is 950 g/mol. The second kappa shape index (κ2) is 24.2. The summed E-state index contributed by atoms with van der Waals surface area (Å²) < 4.78 is 91.0. The van der Waals surface area contributed by atoms with Crippen molar-refractivity contribution < 1.29 is 88.3 Å². The van der Waals surface area contributed by atoms with Gasteiger partial charge in [0.05, 0.1) is 52.9 Å². The maximum Gasteiger partial charge on any atom is 0.267 e. The molecule has 2 N–H and O–H groups in total. The van der Waals surface area contributed by atoms with Gasteiger partial charge in [0.15, 0.2) is 5.43 Å². The van der Waals surface area contributed by atoms with Crippen molar-refractivity contribution in [2.75, 3.05) is 59.4 Å². The van der Waals surface area contributed by atoms with Crippen molar-refractivity contribution >= 4 is 48.2 Å².